The van der Waals surface area contributed by atoms with Gasteiger partial charge in [-0.3, -0.25) is 0 Å². The molecular weight excluding hydrogens is 439 g/mol. The molecule has 0 aromatic heterocycles. The van der Waals surface area contributed by atoms with E-state index in [4.69, 9.17) is 46.1 Å². The van der Waals surface area contributed by atoms with Crippen LogP contribution in [0.25, 0.3) is 11.1 Å². The first-order valence-corrected chi connectivity index (χ1v) is 12.0. The predicted octanol–water partition coefficient (Wildman–Crippen LogP) is 5.52. The van der Waals surface area contributed by atoms with E-state index in [9.17, 15) is 0 Å². The van der Waals surface area contributed by atoms with Gasteiger partial charge in [0.1, 0.15) is 5.75 Å². The van der Waals surface area contributed by atoms with Crippen molar-refractivity contribution in [2.24, 2.45) is 14.0 Å². The molecule has 0 aliphatic carbocycles. The van der Waals surface area contributed by atoms with E-state index in [0.29, 0.717) is 25.7 Å². The number of rotatable bonds is 11. The Morgan fingerprint density at radius 2 is 1.55 bits per heavy atom. The van der Waals surface area contributed by atoms with Gasteiger partial charge in [0.2, 0.25) is 0 Å². The Labute approximate surface area is 187 Å². The largest absolute Gasteiger partial charge is 0.493 e. The van der Waals surface area contributed by atoms with Crippen LogP contribution in [-0.2, 0) is 11.3 Å². The van der Waals surface area contributed by atoms with Crippen molar-refractivity contribution in [2.45, 2.75) is 19.1 Å². The average Bonchev–Trinajstić information content (AvgIpc) is 2.73. The van der Waals surface area contributed by atoms with Gasteiger partial charge < -0.3 is 9.47 Å². The van der Waals surface area contributed by atoms with Crippen LogP contribution in [-0.4, -0.2) is 37.8 Å². The predicted molar refractivity (Wildman–Crippen MR) is 128 cm³/mol. The number of isothiocyanates is 3. The Morgan fingerprint density at radius 3 is 2.14 bits per heavy atom. The Balaban J connectivity index is 2.22. The van der Waals surface area contributed by atoms with Crippen LogP contribution in [0.2, 0.25) is 6.04 Å². The standard InChI is InChI=1S/C20H19N3O2S3Si/c1-24-13-18-9-5-10-19(17-7-3-2-4-8-17)20(18)25-11-6-12-29(21-14-26,22-15-27)23-16-28/h2-5,7-10H,6,11-13H2,1H3. The number of benzene rings is 2. The number of para-hydroxylation sites is 1. The summed E-state index contributed by atoms with van der Waals surface area (Å²) in [6.07, 6.45) is 0.628. The summed E-state index contributed by atoms with van der Waals surface area (Å²) in [5.74, 6) is 0.794. The third kappa shape index (κ3) is 6.68. The summed E-state index contributed by atoms with van der Waals surface area (Å²) in [7, 11) is -1.25. The summed E-state index contributed by atoms with van der Waals surface area (Å²) in [6, 6.07) is 16.6. The quantitative estimate of drug-likeness (QED) is 0.193. The zero-order chi connectivity index (χ0) is 21.0. The Bertz CT molecular complexity index is 923. The smallest absolute Gasteiger partial charge is 0.461 e. The molecule has 0 unspecified atom stereocenters. The van der Waals surface area contributed by atoms with Crippen molar-refractivity contribution in [1.82, 2.24) is 0 Å². The lowest BCUT2D eigenvalue weighted by atomic mass is 10.0. The fourth-order valence-corrected chi connectivity index (χ4v) is 5.67. The SMILES string of the molecule is COCc1cccc(-c2ccccc2)c1OCCC[Si](N=C=S)(N=C=S)N=C=S. The second-order valence-corrected chi connectivity index (χ2v) is 9.20. The molecule has 0 bridgehead atoms. The minimum Gasteiger partial charge on any atom is -0.493 e. The molecule has 2 aromatic carbocycles. The van der Waals surface area contributed by atoms with E-state index < -0.39 is 8.56 Å². The molecule has 5 nitrogen and oxygen atoms in total. The molecule has 0 spiro atoms. The van der Waals surface area contributed by atoms with Crippen LogP contribution in [0.4, 0.5) is 0 Å². The first kappa shape index (κ1) is 23.1. The summed E-state index contributed by atoms with van der Waals surface area (Å²) < 4.78 is 23.9. The molecule has 148 valence electrons. The van der Waals surface area contributed by atoms with E-state index in [2.05, 4.69) is 29.5 Å². The first-order chi connectivity index (χ1) is 14.2. The normalized spacial score (nSPS) is 11.9. The number of nitrogens with zero attached hydrogens (tertiary/aromatic N) is 3. The lowest BCUT2D eigenvalue weighted by Crippen LogP contribution is -2.28. The molecule has 0 amide bonds. The van der Waals surface area contributed by atoms with Gasteiger partial charge in [0.15, 0.2) is 0 Å². The molecule has 0 fully saturated rings. The highest BCUT2D eigenvalue weighted by Crippen LogP contribution is 2.34. The Kier molecular flexibility index (Phi) is 9.87. The number of ether oxygens (including phenoxy) is 2. The Morgan fingerprint density at radius 1 is 0.897 bits per heavy atom. The van der Waals surface area contributed by atoms with Crippen molar-refractivity contribution in [2.75, 3.05) is 13.7 Å². The van der Waals surface area contributed by atoms with Gasteiger partial charge in [-0.25, -0.2) is 14.0 Å². The van der Waals surface area contributed by atoms with E-state index in [1.165, 1.54) is 0 Å². The minimum atomic E-state index is -2.92. The molecule has 0 N–H and O–H groups in total. The maximum atomic E-state index is 6.18. The van der Waals surface area contributed by atoms with Gasteiger partial charge >= 0.3 is 8.56 Å². The zero-order valence-electron chi connectivity index (χ0n) is 15.8. The third-order valence-corrected chi connectivity index (χ3v) is 7.25. The fraction of sp³-hybridized carbons (Fsp3) is 0.250. The van der Waals surface area contributed by atoms with E-state index in [1.54, 1.807) is 7.11 Å². The van der Waals surface area contributed by atoms with E-state index >= 15 is 0 Å². The van der Waals surface area contributed by atoms with Crippen LogP contribution in [0.15, 0.2) is 62.5 Å². The molecule has 0 aliphatic heterocycles. The number of hydrogen-bond acceptors (Lipinski definition) is 8. The van der Waals surface area contributed by atoms with Crippen molar-refractivity contribution >= 4 is 60.7 Å². The van der Waals surface area contributed by atoms with E-state index in [-0.39, 0.29) is 0 Å². The van der Waals surface area contributed by atoms with Gasteiger partial charge in [0.05, 0.1) is 28.7 Å². The van der Waals surface area contributed by atoms with Crippen LogP contribution >= 0.6 is 36.7 Å². The van der Waals surface area contributed by atoms with Crippen molar-refractivity contribution < 1.29 is 9.47 Å². The van der Waals surface area contributed by atoms with Gasteiger partial charge in [-0.15, -0.1) is 0 Å². The zero-order valence-corrected chi connectivity index (χ0v) is 19.3. The summed E-state index contributed by atoms with van der Waals surface area (Å²) >= 11 is 14.2. The van der Waals surface area contributed by atoms with Crippen LogP contribution in [0.1, 0.15) is 12.0 Å². The maximum absolute atomic E-state index is 6.18. The highest BCUT2D eigenvalue weighted by molar-refractivity contribution is 7.78. The molecule has 2 aromatic rings. The number of thiocarbonyl (C=S) groups is 3. The van der Waals surface area contributed by atoms with Gasteiger partial charge in [-0.1, -0.05) is 48.5 Å². The first-order valence-electron chi connectivity index (χ1n) is 8.76. The van der Waals surface area contributed by atoms with E-state index in [0.717, 1.165) is 22.4 Å². The molecular formula is C20H19N3O2S3Si. The van der Waals surface area contributed by atoms with Crippen molar-refractivity contribution in [3.05, 3.63) is 54.1 Å². The van der Waals surface area contributed by atoms with Crippen molar-refractivity contribution in [3.63, 3.8) is 0 Å². The second-order valence-electron chi connectivity index (χ2n) is 5.93. The summed E-state index contributed by atoms with van der Waals surface area (Å²) in [4.78, 5) is 0. The molecule has 9 heteroatoms. The lowest BCUT2D eigenvalue weighted by Gasteiger charge is -2.17. The van der Waals surface area contributed by atoms with E-state index in [1.807, 2.05) is 48.5 Å². The molecule has 0 radical (unpaired) electrons. The van der Waals surface area contributed by atoms with Crippen molar-refractivity contribution in [3.8, 4) is 16.9 Å². The van der Waals surface area contributed by atoms with Gasteiger partial charge in [0.25, 0.3) is 0 Å². The minimum absolute atomic E-state index is 0.433. The molecule has 2 rings (SSSR count). The van der Waals surface area contributed by atoms with Crippen molar-refractivity contribution in [1.29, 1.82) is 0 Å². The lowest BCUT2D eigenvalue weighted by molar-refractivity contribution is 0.180. The average molecular weight is 458 g/mol. The van der Waals surface area contributed by atoms with Gasteiger partial charge in [0, 0.05) is 24.3 Å². The molecule has 0 saturated heterocycles. The van der Waals surface area contributed by atoms with Crippen LogP contribution in [0.5, 0.6) is 5.75 Å². The molecule has 0 saturated carbocycles. The Hall–Kier alpha value is -2.18. The fourth-order valence-electron chi connectivity index (χ4n) is 2.82. The second kappa shape index (κ2) is 12.4. The molecule has 0 atom stereocenters. The third-order valence-electron chi connectivity index (χ3n) is 4.06. The highest BCUT2D eigenvalue weighted by Gasteiger charge is 2.34. The number of methoxy groups -OCH3 is 1. The maximum Gasteiger partial charge on any atom is 0.461 e. The molecule has 0 heterocycles. The summed E-state index contributed by atoms with van der Waals surface area (Å²) in [6.45, 7) is 0.885. The number of hydrogen-bond donors (Lipinski definition) is 0. The molecule has 29 heavy (non-hydrogen) atoms. The van der Waals surface area contributed by atoms with Gasteiger partial charge in [-0.05, 0) is 48.6 Å². The molecule has 0 aliphatic rings. The summed E-state index contributed by atoms with van der Waals surface area (Å²) in [5.41, 5.74) is 3.06. The summed E-state index contributed by atoms with van der Waals surface area (Å²) in [5, 5.41) is 7.04. The topological polar surface area (TPSA) is 55.5 Å². The monoisotopic (exact) mass is 457 g/mol. The van der Waals surface area contributed by atoms with Crippen LogP contribution in [0, 0.1) is 0 Å². The van der Waals surface area contributed by atoms with Gasteiger partial charge in [-0.2, -0.15) is 0 Å². The van der Waals surface area contributed by atoms with Crippen LogP contribution < -0.4 is 4.74 Å². The highest BCUT2D eigenvalue weighted by atomic mass is 32.1. The van der Waals surface area contributed by atoms with Crippen LogP contribution in [0.3, 0.4) is 0 Å².